The van der Waals surface area contributed by atoms with Crippen molar-refractivity contribution in [3.8, 4) is 0 Å². The lowest BCUT2D eigenvalue weighted by molar-refractivity contribution is -0.120. The van der Waals surface area contributed by atoms with Crippen molar-refractivity contribution < 1.29 is 4.79 Å². The number of fused-ring (bicyclic) bond motifs is 1. The topological polar surface area (TPSA) is 34.9 Å². The molecule has 3 nitrogen and oxygen atoms in total. The van der Waals surface area contributed by atoms with Gasteiger partial charge in [0, 0.05) is 12.8 Å². The molecule has 2 rings (SSSR count). The molecule has 0 N–H and O–H groups in total. The predicted molar refractivity (Wildman–Crippen MR) is 57.3 cm³/mol. The van der Waals surface area contributed by atoms with Crippen LogP contribution in [0.5, 0.6) is 0 Å². The Hall–Kier alpha value is -0.640. The van der Waals surface area contributed by atoms with Gasteiger partial charge in [-0.05, 0) is 21.8 Å². The Morgan fingerprint density at radius 2 is 2.14 bits per heavy atom. The van der Waals surface area contributed by atoms with Gasteiger partial charge in [0.2, 0.25) is 0 Å². The summed E-state index contributed by atoms with van der Waals surface area (Å²) in [5, 5.41) is 0. The van der Waals surface area contributed by atoms with Crippen molar-refractivity contribution in [1.29, 1.82) is 0 Å². The molecule has 4 heteroatoms. The molecule has 0 amide bonds. The van der Waals surface area contributed by atoms with Crippen LogP contribution in [0.2, 0.25) is 0 Å². The third-order valence-corrected chi connectivity index (χ3v) is 3.35. The molecule has 0 unspecified atom stereocenters. The summed E-state index contributed by atoms with van der Waals surface area (Å²) >= 11 is 3.51. The number of rotatable bonds is 1. The van der Waals surface area contributed by atoms with E-state index < -0.39 is 0 Å². The van der Waals surface area contributed by atoms with Crippen LogP contribution in [0, 0.1) is 0 Å². The van der Waals surface area contributed by atoms with Crippen LogP contribution < -0.4 is 0 Å². The smallest absolute Gasteiger partial charge is 0.153 e. The summed E-state index contributed by atoms with van der Waals surface area (Å²) in [6.45, 7) is 4.71. The molecular weight excluding hydrogens is 244 g/mol. The summed E-state index contributed by atoms with van der Waals surface area (Å²) in [7, 11) is 0. The number of hydrogen-bond donors (Lipinski definition) is 0. The highest BCUT2D eigenvalue weighted by molar-refractivity contribution is 9.10. The number of carbonyl (C=O) groups excluding carboxylic acids is 1. The molecule has 14 heavy (non-hydrogen) atoms. The minimum Gasteiger partial charge on any atom is -0.315 e. The number of Topliss-reactive ketones (excluding diaryl/α,β-unsaturated/α-hetero) is 1. The van der Waals surface area contributed by atoms with Gasteiger partial charge in [0.05, 0.1) is 12.2 Å². The number of halogens is 1. The van der Waals surface area contributed by atoms with Gasteiger partial charge in [-0.25, -0.2) is 4.98 Å². The van der Waals surface area contributed by atoms with E-state index in [1.807, 2.05) is 4.57 Å². The van der Waals surface area contributed by atoms with Crippen LogP contribution in [0.25, 0.3) is 0 Å². The number of aromatic nitrogens is 2. The molecule has 0 aromatic carbocycles. The average Bonchev–Trinajstić information content (AvgIpc) is 2.44. The maximum Gasteiger partial charge on any atom is 0.153 e. The minimum absolute atomic E-state index is 0.297. The van der Waals surface area contributed by atoms with E-state index >= 15 is 0 Å². The van der Waals surface area contributed by atoms with E-state index in [2.05, 4.69) is 34.8 Å². The number of ketones is 1. The Morgan fingerprint density at radius 3 is 2.79 bits per heavy atom. The van der Waals surface area contributed by atoms with Gasteiger partial charge in [-0.15, -0.1) is 0 Å². The van der Waals surface area contributed by atoms with Crippen molar-refractivity contribution in [2.75, 3.05) is 0 Å². The van der Waals surface area contributed by atoms with Gasteiger partial charge in [-0.2, -0.15) is 0 Å². The second-order valence-electron chi connectivity index (χ2n) is 3.98. The SMILES string of the molecule is CC(C)c1nc2n(c1Br)CC(=O)CC2. The molecule has 0 saturated heterocycles. The van der Waals surface area contributed by atoms with Gasteiger partial charge < -0.3 is 4.57 Å². The van der Waals surface area contributed by atoms with Gasteiger partial charge in [0.25, 0.3) is 0 Å². The van der Waals surface area contributed by atoms with Gasteiger partial charge in [0.15, 0.2) is 5.78 Å². The molecule has 0 saturated carbocycles. The van der Waals surface area contributed by atoms with Crippen LogP contribution in [0.3, 0.4) is 0 Å². The molecule has 1 aromatic heterocycles. The molecule has 1 aliphatic heterocycles. The number of hydrogen-bond acceptors (Lipinski definition) is 2. The fourth-order valence-electron chi connectivity index (χ4n) is 1.72. The minimum atomic E-state index is 0.297. The first-order chi connectivity index (χ1) is 6.59. The Morgan fingerprint density at radius 1 is 1.43 bits per heavy atom. The van der Waals surface area contributed by atoms with Gasteiger partial charge in [-0.1, -0.05) is 13.8 Å². The van der Waals surface area contributed by atoms with Crippen molar-refractivity contribution in [3.63, 3.8) is 0 Å². The monoisotopic (exact) mass is 256 g/mol. The lowest BCUT2D eigenvalue weighted by Gasteiger charge is -2.13. The first-order valence-electron chi connectivity index (χ1n) is 4.86. The average molecular weight is 257 g/mol. The second kappa shape index (κ2) is 3.50. The summed E-state index contributed by atoms with van der Waals surface area (Å²) in [6.07, 6.45) is 1.42. The Balaban J connectivity index is 2.46. The van der Waals surface area contributed by atoms with Crippen LogP contribution in [0.1, 0.15) is 37.7 Å². The predicted octanol–water partition coefficient (Wildman–Crippen LogP) is 2.28. The Labute approximate surface area is 91.6 Å². The van der Waals surface area contributed by atoms with Crippen LogP contribution in [0.4, 0.5) is 0 Å². The van der Waals surface area contributed by atoms with Crippen molar-refractivity contribution in [1.82, 2.24) is 9.55 Å². The van der Waals surface area contributed by atoms with Gasteiger partial charge in [-0.3, -0.25) is 4.79 Å². The van der Waals surface area contributed by atoms with E-state index in [0.717, 1.165) is 22.5 Å². The zero-order valence-electron chi connectivity index (χ0n) is 8.38. The van der Waals surface area contributed by atoms with Crippen LogP contribution in [-0.4, -0.2) is 15.3 Å². The van der Waals surface area contributed by atoms with E-state index in [0.29, 0.717) is 24.7 Å². The largest absolute Gasteiger partial charge is 0.315 e. The molecule has 0 fully saturated rings. The van der Waals surface area contributed by atoms with Gasteiger partial charge in [0.1, 0.15) is 10.4 Å². The standard InChI is InChI=1S/C10H13BrN2O/c1-6(2)9-10(11)13-5-7(14)3-4-8(13)12-9/h6H,3-5H2,1-2H3. The zero-order chi connectivity index (χ0) is 10.3. The maximum absolute atomic E-state index is 11.3. The molecule has 0 radical (unpaired) electrons. The van der Waals surface area contributed by atoms with Crippen LogP contribution >= 0.6 is 15.9 Å². The lowest BCUT2D eigenvalue weighted by Crippen LogP contribution is -2.19. The highest BCUT2D eigenvalue weighted by atomic mass is 79.9. The van der Waals surface area contributed by atoms with E-state index in [1.54, 1.807) is 0 Å². The molecular formula is C10H13BrN2O. The van der Waals surface area contributed by atoms with E-state index in [-0.39, 0.29) is 0 Å². The second-order valence-corrected chi connectivity index (χ2v) is 4.73. The molecule has 0 bridgehead atoms. The summed E-state index contributed by atoms with van der Waals surface area (Å²) < 4.78 is 2.97. The van der Waals surface area contributed by atoms with Crippen LogP contribution in [0.15, 0.2) is 4.60 Å². The highest BCUT2D eigenvalue weighted by Crippen LogP contribution is 2.27. The Kier molecular flexibility index (Phi) is 2.47. The third kappa shape index (κ3) is 1.52. The number of aryl methyl sites for hydroxylation is 1. The number of nitrogens with zero attached hydrogens (tertiary/aromatic N) is 2. The number of imidazole rings is 1. The van der Waals surface area contributed by atoms with Crippen LogP contribution in [-0.2, 0) is 17.8 Å². The first kappa shape index (κ1) is 9.90. The number of carbonyl (C=O) groups is 1. The summed E-state index contributed by atoms with van der Waals surface area (Å²) in [5.41, 5.74) is 1.06. The normalized spacial score (nSPS) is 16.1. The van der Waals surface area contributed by atoms with Crippen molar-refractivity contribution in [2.24, 2.45) is 0 Å². The fourth-order valence-corrected chi connectivity index (χ4v) is 2.60. The molecule has 1 aromatic rings. The lowest BCUT2D eigenvalue weighted by atomic mass is 10.1. The first-order valence-corrected chi connectivity index (χ1v) is 5.65. The summed E-state index contributed by atoms with van der Waals surface area (Å²) in [6, 6.07) is 0. The van der Waals surface area contributed by atoms with Gasteiger partial charge >= 0.3 is 0 Å². The summed E-state index contributed by atoms with van der Waals surface area (Å²) in [4.78, 5) is 15.8. The van der Waals surface area contributed by atoms with Crippen molar-refractivity contribution in [3.05, 3.63) is 16.1 Å². The highest BCUT2D eigenvalue weighted by Gasteiger charge is 2.22. The quantitative estimate of drug-likeness (QED) is 0.773. The Bertz CT molecular complexity index is 382. The molecule has 0 atom stereocenters. The van der Waals surface area contributed by atoms with Crippen molar-refractivity contribution in [2.45, 2.75) is 39.2 Å². The molecule has 0 spiro atoms. The molecule has 76 valence electrons. The molecule has 2 heterocycles. The molecule has 0 aliphatic carbocycles. The van der Waals surface area contributed by atoms with E-state index in [4.69, 9.17) is 0 Å². The third-order valence-electron chi connectivity index (χ3n) is 2.52. The zero-order valence-corrected chi connectivity index (χ0v) is 9.97. The fraction of sp³-hybridized carbons (Fsp3) is 0.600. The molecule has 1 aliphatic rings. The van der Waals surface area contributed by atoms with E-state index in [9.17, 15) is 4.79 Å². The van der Waals surface area contributed by atoms with E-state index in [1.165, 1.54) is 0 Å². The van der Waals surface area contributed by atoms with Crippen molar-refractivity contribution >= 4 is 21.7 Å². The maximum atomic E-state index is 11.3. The summed E-state index contributed by atoms with van der Waals surface area (Å²) in [5.74, 6) is 1.74.